The van der Waals surface area contributed by atoms with Gasteiger partial charge in [-0.05, 0) is 24.1 Å². The Balaban J connectivity index is 2.14. The maximum atomic E-state index is 10.9. The van der Waals surface area contributed by atoms with E-state index in [0.29, 0.717) is 0 Å². The molecule has 0 aliphatic carbocycles. The average molecular weight is 264 g/mol. The SMILES string of the molecule is CCCCOCCNCc1ccc(NC(C)=O)cc1. The Morgan fingerprint density at radius 1 is 1.21 bits per heavy atom. The summed E-state index contributed by atoms with van der Waals surface area (Å²) in [5, 5.41) is 6.08. The van der Waals surface area contributed by atoms with Gasteiger partial charge in [0.05, 0.1) is 6.61 Å². The Hall–Kier alpha value is -1.39. The third-order valence-electron chi connectivity index (χ3n) is 2.67. The van der Waals surface area contributed by atoms with Crippen LogP contribution in [-0.2, 0) is 16.1 Å². The van der Waals surface area contributed by atoms with Gasteiger partial charge < -0.3 is 15.4 Å². The largest absolute Gasteiger partial charge is 0.380 e. The third-order valence-corrected chi connectivity index (χ3v) is 2.67. The third kappa shape index (κ3) is 7.59. The number of unbranched alkanes of at least 4 members (excludes halogenated alkanes) is 1. The monoisotopic (exact) mass is 264 g/mol. The molecule has 0 aliphatic heterocycles. The molecule has 0 atom stereocenters. The molecule has 1 amide bonds. The summed E-state index contributed by atoms with van der Waals surface area (Å²) in [7, 11) is 0. The number of anilines is 1. The number of rotatable bonds is 9. The van der Waals surface area contributed by atoms with Gasteiger partial charge in [0, 0.05) is 32.3 Å². The topological polar surface area (TPSA) is 50.4 Å². The molecule has 1 aromatic carbocycles. The highest BCUT2D eigenvalue weighted by Gasteiger charge is 1.96. The van der Waals surface area contributed by atoms with Crippen LogP contribution in [0.4, 0.5) is 5.69 Å². The van der Waals surface area contributed by atoms with Crippen LogP contribution in [-0.4, -0.2) is 25.7 Å². The summed E-state index contributed by atoms with van der Waals surface area (Å²) >= 11 is 0. The predicted molar refractivity (Wildman–Crippen MR) is 78.2 cm³/mol. The summed E-state index contributed by atoms with van der Waals surface area (Å²) in [6.07, 6.45) is 2.30. The van der Waals surface area contributed by atoms with E-state index in [0.717, 1.165) is 38.4 Å². The molecule has 0 saturated heterocycles. The molecule has 1 aromatic rings. The molecule has 4 nitrogen and oxygen atoms in total. The second kappa shape index (κ2) is 9.53. The summed E-state index contributed by atoms with van der Waals surface area (Å²) in [6.45, 7) is 6.95. The molecule has 0 fully saturated rings. The van der Waals surface area contributed by atoms with Gasteiger partial charge in [0.1, 0.15) is 0 Å². The number of hydrogen-bond acceptors (Lipinski definition) is 3. The fourth-order valence-electron chi connectivity index (χ4n) is 1.63. The highest BCUT2D eigenvalue weighted by Crippen LogP contribution is 2.09. The van der Waals surface area contributed by atoms with E-state index >= 15 is 0 Å². The van der Waals surface area contributed by atoms with Crippen molar-refractivity contribution >= 4 is 11.6 Å². The molecule has 0 aromatic heterocycles. The van der Waals surface area contributed by atoms with Crippen molar-refractivity contribution in [3.63, 3.8) is 0 Å². The fourth-order valence-corrected chi connectivity index (χ4v) is 1.63. The second-order valence-corrected chi connectivity index (χ2v) is 4.52. The molecular formula is C15H24N2O2. The van der Waals surface area contributed by atoms with E-state index in [4.69, 9.17) is 4.74 Å². The van der Waals surface area contributed by atoms with Crippen molar-refractivity contribution in [3.8, 4) is 0 Å². The van der Waals surface area contributed by atoms with Crippen LogP contribution in [0.5, 0.6) is 0 Å². The number of benzene rings is 1. The highest BCUT2D eigenvalue weighted by atomic mass is 16.5. The van der Waals surface area contributed by atoms with Crippen LogP contribution in [0.15, 0.2) is 24.3 Å². The van der Waals surface area contributed by atoms with E-state index < -0.39 is 0 Å². The maximum Gasteiger partial charge on any atom is 0.221 e. The summed E-state index contributed by atoms with van der Waals surface area (Å²) in [5.74, 6) is -0.0462. The van der Waals surface area contributed by atoms with E-state index in [2.05, 4.69) is 17.6 Å². The summed E-state index contributed by atoms with van der Waals surface area (Å²) in [4.78, 5) is 10.9. The van der Waals surface area contributed by atoms with Crippen LogP contribution in [0, 0.1) is 0 Å². The van der Waals surface area contributed by atoms with E-state index in [1.54, 1.807) is 0 Å². The lowest BCUT2D eigenvalue weighted by atomic mass is 10.2. The summed E-state index contributed by atoms with van der Waals surface area (Å²) in [6, 6.07) is 7.85. The van der Waals surface area contributed by atoms with Gasteiger partial charge in [0.2, 0.25) is 5.91 Å². The molecule has 0 spiro atoms. The molecule has 1 rings (SSSR count). The van der Waals surface area contributed by atoms with Crippen LogP contribution in [0.2, 0.25) is 0 Å². The minimum atomic E-state index is -0.0462. The number of ether oxygens (including phenoxy) is 1. The molecule has 0 unspecified atom stereocenters. The number of hydrogen-bond donors (Lipinski definition) is 2. The molecule has 0 aliphatic rings. The summed E-state index contributed by atoms with van der Waals surface area (Å²) in [5.41, 5.74) is 2.03. The lowest BCUT2D eigenvalue weighted by Crippen LogP contribution is -2.19. The first kappa shape index (κ1) is 15.7. The van der Waals surface area contributed by atoms with E-state index in [1.807, 2.05) is 24.3 Å². The van der Waals surface area contributed by atoms with Crippen molar-refractivity contribution in [2.75, 3.05) is 25.1 Å². The van der Waals surface area contributed by atoms with Crippen molar-refractivity contribution < 1.29 is 9.53 Å². The van der Waals surface area contributed by atoms with Crippen molar-refractivity contribution in [2.24, 2.45) is 0 Å². The Morgan fingerprint density at radius 3 is 2.58 bits per heavy atom. The van der Waals surface area contributed by atoms with Gasteiger partial charge >= 0.3 is 0 Å². The first-order chi connectivity index (χ1) is 9.22. The second-order valence-electron chi connectivity index (χ2n) is 4.52. The zero-order chi connectivity index (χ0) is 13.9. The molecule has 19 heavy (non-hydrogen) atoms. The first-order valence-electron chi connectivity index (χ1n) is 6.87. The first-order valence-corrected chi connectivity index (χ1v) is 6.87. The molecule has 106 valence electrons. The minimum Gasteiger partial charge on any atom is -0.380 e. The lowest BCUT2D eigenvalue weighted by molar-refractivity contribution is -0.114. The highest BCUT2D eigenvalue weighted by molar-refractivity contribution is 5.88. The molecule has 0 heterocycles. The van der Waals surface area contributed by atoms with Gasteiger partial charge in [-0.25, -0.2) is 0 Å². The molecular weight excluding hydrogens is 240 g/mol. The zero-order valence-electron chi connectivity index (χ0n) is 11.9. The summed E-state index contributed by atoms with van der Waals surface area (Å²) < 4.78 is 5.46. The molecule has 0 saturated carbocycles. The maximum absolute atomic E-state index is 10.9. The lowest BCUT2D eigenvalue weighted by Gasteiger charge is -2.07. The predicted octanol–water partition coefficient (Wildman–Crippen LogP) is 2.55. The Labute approximate surface area is 115 Å². The van der Waals surface area contributed by atoms with Crippen LogP contribution < -0.4 is 10.6 Å². The van der Waals surface area contributed by atoms with Crippen molar-refractivity contribution in [2.45, 2.75) is 33.2 Å². The Morgan fingerprint density at radius 2 is 1.95 bits per heavy atom. The van der Waals surface area contributed by atoms with Gasteiger partial charge in [-0.1, -0.05) is 25.5 Å². The van der Waals surface area contributed by atoms with Crippen molar-refractivity contribution in [3.05, 3.63) is 29.8 Å². The van der Waals surface area contributed by atoms with Gasteiger partial charge in [-0.3, -0.25) is 4.79 Å². The van der Waals surface area contributed by atoms with Crippen LogP contribution in [0.25, 0.3) is 0 Å². The van der Waals surface area contributed by atoms with Crippen LogP contribution in [0.1, 0.15) is 32.3 Å². The fraction of sp³-hybridized carbons (Fsp3) is 0.533. The van der Waals surface area contributed by atoms with Crippen LogP contribution in [0.3, 0.4) is 0 Å². The molecule has 2 N–H and O–H groups in total. The van der Waals surface area contributed by atoms with Gasteiger partial charge in [-0.15, -0.1) is 0 Å². The van der Waals surface area contributed by atoms with Gasteiger partial charge in [0.15, 0.2) is 0 Å². The van der Waals surface area contributed by atoms with E-state index in [9.17, 15) is 4.79 Å². The van der Waals surface area contributed by atoms with E-state index in [1.165, 1.54) is 18.9 Å². The van der Waals surface area contributed by atoms with Gasteiger partial charge in [0.25, 0.3) is 0 Å². The smallest absolute Gasteiger partial charge is 0.221 e. The molecule has 4 heteroatoms. The molecule has 0 radical (unpaired) electrons. The number of carbonyl (C=O) groups excluding carboxylic acids is 1. The Bertz CT molecular complexity index is 363. The zero-order valence-corrected chi connectivity index (χ0v) is 11.9. The van der Waals surface area contributed by atoms with Crippen molar-refractivity contribution in [1.82, 2.24) is 5.32 Å². The normalized spacial score (nSPS) is 10.4. The van der Waals surface area contributed by atoms with Crippen LogP contribution >= 0.6 is 0 Å². The van der Waals surface area contributed by atoms with E-state index in [-0.39, 0.29) is 5.91 Å². The quantitative estimate of drug-likeness (QED) is 0.674. The number of carbonyl (C=O) groups is 1. The Kier molecular flexibility index (Phi) is 7.86. The molecule has 0 bridgehead atoms. The number of amides is 1. The van der Waals surface area contributed by atoms with Gasteiger partial charge in [-0.2, -0.15) is 0 Å². The standard InChI is InChI=1S/C15H24N2O2/c1-3-4-10-19-11-9-16-12-14-5-7-15(8-6-14)17-13(2)18/h5-8,16H,3-4,9-12H2,1-2H3,(H,17,18). The average Bonchev–Trinajstić information content (AvgIpc) is 2.39. The minimum absolute atomic E-state index is 0.0462. The number of nitrogens with one attached hydrogen (secondary N) is 2. The van der Waals surface area contributed by atoms with Crippen molar-refractivity contribution in [1.29, 1.82) is 0 Å².